The number of rotatable bonds is 5. The molecule has 2 N–H and O–H groups in total. The van der Waals surface area contributed by atoms with E-state index in [-0.39, 0.29) is 18.9 Å². The van der Waals surface area contributed by atoms with Crippen LogP contribution in [0.3, 0.4) is 0 Å². The van der Waals surface area contributed by atoms with E-state index in [9.17, 15) is 19.2 Å². The normalized spacial score (nSPS) is 15.7. The molecule has 1 atom stereocenters. The molecule has 9 heteroatoms. The number of anilines is 1. The van der Waals surface area contributed by atoms with Crippen LogP contribution in [0.15, 0.2) is 54.6 Å². The van der Waals surface area contributed by atoms with Gasteiger partial charge in [0.15, 0.2) is 6.61 Å². The molecule has 0 radical (unpaired) electrons. The lowest BCUT2D eigenvalue weighted by Gasteiger charge is -2.16. The molecule has 2 aromatic carbocycles. The minimum Gasteiger partial charge on any atom is -0.455 e. The summed E-state index contributed by atoms with van der Waals surface area (Å²) in [7, 11) is 0. The van der Waals surface area contributed by atoms with Gasteiger partial charge in [0, 0.05) is 29.2 Å². The molecule has 8 nitrogen and oxygen atoms in total. The highest BCUT2D eigenvalue weighted by Gasteiger charge is 2.36. The molecule has 1 fully saturated rings. The van der Waals surface area contributed by atoms with Crippen molar-refractivity contribution < 1.29 is 23.9 Å². The summed E-state index contributed by atoms with van der Waals surface area (Å²) in [5, 5.41) is 0.543. The Labute approximate surface area is 171 Å². The van der Waals surface area contributed by atoms with Crippen LogP contribution in [-0.4, -0.2) is 36.8 Å². The Morgan fingerprint density at radius 2 is 1.72 bits per heavy atom. The third kappa shape index (κ3) is 5.32. The maximum Gasteiger partial charge on any atom is 0.311 e. The SMILES string of the molecule is O=C(COC(=O)[C@H]1CC(=O)N(c2ccc(Cl)cc2)C1)NNC(=O)c1ccccc1. The molecule has 0 saturated carbocycles. The Hall–Kier alpha value is -3.39. The van der Waals surface area contributed by atoms with Crippen LogP contribution in [0.5, 0.6) is 0 Å². The number of esters is 1. The van der Waals surface area contributed by atoms with Crippen LogP contribution >= 0.6 is 11.6 Å². The molecule has 3 rings (SSSR count). The van der Waals surface area contributed by atoms with Gasteiger partial charge in [-0.05, 0) is 36.4 Å². The lowest BCUT2D eigenvalue weighted by Crippen LogP contribution is -2.43. The number of amides is 3. The van der Waals surface area contributed by atoms with E-state index in [1.807, 2.05) is 0 Å². The van der Waals surface area contributed by atoms with Crippen LogP contribution in [0.25, 0.3) is 0 Å². The van der Waals surface area contributed by atoms with Crippen molar-refractivity contribution in [2.24, 2.45) is 5.92 Å². The molecule has 0 unspecified atom stereocenters. The summed E-state index contributed by atoms with van der Waals surface area (Å²) in [4.78, 5) is 49.5. The van der Waals surface area contributed by atoms with Crippen LogP contribution in [0.4, 0.5) is 5.69 Å². The van der Waals surface area contributed by atoms with Gasteiger partial charge in [-0.15, -0.1) is 0 Å². The third-order valence-corrected chi connectivity index (χ3v) is 4.55. The number of halogens is 1. The minimum atomic E-state index is -0.693. The standard InChI is InChI=1S/C20H18ClN3O5/c21-15-6-8-16(9-7-15)24-11-14(10-18(24)26)20(28)29-12-17(25)22-23-19(27)13-4-2-1-3-5-13/h1-9,14H,10-12H2,(H,22,25)(H,23,27)/t14-/m0/s1. The van der Waals surface area contributed by atoms with Crippen LogP contribution < -0.4 is 15.8 Å². The second kappa shape index (κ2) is 9.20. The fraction of sp³-hybridized carbons (Fsp3) is 0.200. The van der Waals surface area contributed by atoms with E-state index in [2.05, 4.69) is 10.9 Å². The maximum absolute atomic E-state index is 12.2. The Kier molecular flexibility index (Phi) is 6.46. The number of hydrogen-bond donors (Lipinski definition) is 2. The number of nitrogens with zero attached hydrogens (tertiary/aromatic N) is 1. The molecule has 1 aliphatic rings. The van der Waals surface area contributed by atoms with Gasteiger partial charge in [-0.25, -0.2) is 0 Å². The van der Waals surface area contributed by atoms with Crippen molar-refractivity contribution in [3.05, 3.63) is 65.2 Å². The number of carbonyl (C=O) groups excluding carboxylic acids is 4. The van der Waals surface area contributed by atoms with Crippen molar-refractivity contribution in [3.8, 4) is 0 Å². The van der Waals surface area contributed by atoms with Crippen LogP contribution in [0.1, 0.15) is 16.8 Å². The predicted molar refractivity (Wildman–Crippen MR) is 105 cm³/mol. The Morgan fingerprint density at radius 1 is 1.03 bits per heavy atom. The molecule has 3 amide bonds. The number of benzene rings is 2. The largest absolute Gasteiger partial charge is 0.455 e. The summed E-state index contributed by atoms with van der Waals surface area (Å²) in [5.74, 6) is -2.73. The van der Waals surface area contributed by atoms with E-state index in [1.54, 1.807) is 54.6 Å². The number of nitrogens with one attached hydrogen (secondary N) is 2. The van der Waals surface area contributed by atoms with Crippen molar-refractivity contribution in [2.75, 3.05) is 18.1 Å². The molecule has 1 heterocycles. The number of hydrogen-bond acceptors (Lipinski definition) is 5. The number of ether oxygens (including phenoxy) is 1. The lowest BCUT2D eigenvalue weighted by atomic mass is 10.1. The molecular formula is C20H18ClN3O5. The summed E-state index contributed by atoms with van der Waals surface area (Å²) in [5.41, 5.74) is 5.41. The predicted octanol–water partition coefficient (Wildman–Crippen LogP) is 1.70. The second-order valence-electron chi connectivity index (χ2n) is 6.36. The van der Waals surface area contributed by atoms with E-state index in [4.69, 9.17) is 16.3 Å². The molecule has 1 aliphatic heterocycles. The van der Waals surface area contributed by atoms with Gasteiger partial charge in [0.2, 0.25) is 5.91 Å². The van der Waals surface area contributed by atoms with Gasteiger partial charge in [-0.2, -0.15) is 0 Å². The smallest absolute Gasteiger partial charge is 0.311 e. The highest BCUT2D eigenvalue weighted by Crippen LogP contribution is 2.26. The van der Waals surface area contributed by atoms with E-state index in [0.717, 1.165) is 0 Å². The van der Waals surface area contributed by atoms with Crippen molar-refractivity contribution in [1.82, 2.24) is 10.9 Å². The number of hydrazine groups is 1. The first-order valence-electron chi connectivity index (χ1n) is 8.81. The highest BCUT2D eigenvalue weighted by atomic mass is 35.5. The van der Waals surface area contributed by atoms with E-state index in [1.165, 1.54) is 4.90 Å². The molecule has 0 spiro atoms. The Balaban J connectivity index is 1.44. The fourth-order valence-electron chi connectivity index (χ4n) is 2.81. The van der Waals surface area contributed by atoms with Gasteiger partial charge in [0.25, 0.3) is 11.8 Å². The van der Waals surface area contributed by atoms with Gasteiger partial charge < -0.3 is 9.64 Å². The molecule has 2 aromatic rings. The zero-order valence-electron chi connectivity index (χ0n) is 15.3. The minimum absolute atomic E-state index is 0.00613. The summed E-state index contributed by atoms with van der Waals surface area (Å²) >= 11 is 5.84. The summed E-state index contributed by atoms with van der Waals surface area (Å²) in [6, 6.07) is 15.0. The second-order valence-corrected chi connectivity index (χ2v) is 6.79. The van der Waals surface area contributed by atoms with Gasteiger partial charge in [-0.1, -0.05) is 29.8 Å². The Morgan fingerprint density at radius 3 is 2.41 bits per heavy atom. The molecule has 150 valence electrons. The maximum atomic E-state index is 12.2. The molecule has 29 heavy (non-hydrogen) atoms. The monoisotopic (exact) mass is 415 g/mol. The lowest BCUT2D eigenvalue weighted by molar-refractivity contribution is -0.152. The first-order valence-corrected chi connectivity index (χ1v) is 9.18. The molecule has 0 aromatic heterocycles. The molecule has 0 bridgehead atoms. The van der Waals surface area contributed by atoms with Crippen LogP contribution in [0, 0.1) is 5.92 Å². The summed E-state index contributed by atoms with van der Waals surface area (Å²) in [6.07, 6.45) is -0.00613. The van der Waals surface area contributed by atoms with E-state index in [0.29, 0.717) is 16.3 Å². The molecular weight excluding hydrogens is 398 g/mol. The fourth-order valence-corrected chi connectivity index (χ4v) is 2.94. The average molecular weight is 416 g/mol. The zero-order valence-corrected chi connectivity index (χ0v) is 16.0. The van der Waals surface area contributed by atoms with Gasteiger partial charge in [0.05, 0.1) is 5.92 Å². The van der Waals surface area contributed by atoms with E-state index >= 15 is 0 Å². The molecule has 1 saturated heterocycles. The first kappa shape index (κ1) is 20.3. The number of carbonyl (C=O) groups is 4. The topological polar surface area (TPSA) is 105 Å². The Bertz CT molecular complexity index is 917. The van der Waals surface area contributed by atoms with E-state index < -0.39 is 30.3 Å². The van der Waals surface area contributed by atoms with Crippen molar-refractivity contribution in [1.29, 1.82) is 0 Å². The first-order chi connectivity index (χ1) is 13.9. The van der Waals surface area contributed by atoms with Gasteiger partial charge in [-0.3, -0.25) is 30.0 Å². The summed E-state index contributed by atoms with van der Waals surface area (Å²) < 4.78 is 4.98. The van der Waals surface area contributed by atoms with Crippen molar-refractivity contribution in [3.63, 3.8) is 0 Å². The third-order valence-electron chi connectivity index (χ3n) is 4.29. The highest BCUT2D eigenvalue weighted by molar-refractivity contribution is 6.30. The average Bonchev–Trinajstić information content (AvgIpc) is 3.13. The van der Waals surface area contributed by atoms with Gasteiger partial charge in [0.1, 0.15) is 0 Å². The van der Waals surface area contributed by atoms with Crippen LogP contribution in [-0.2, 0) is 19.1 Å². The van der Waals surface area contributed by atoms with Crippen molar-refractivity contribution >= 4 is 41.0 Å². The molecule has 0 aliphatic carbocycles. The van der Waals surface area contributed by atoms with Gasteiger partial charge >= 0.3 is 5.97 Å². The zero-order chi connectivity index (χ0) is 20.8. The van der Waals surface area contributed by atoms with Crippen LogP contribution in [0.2, 0.25) is 5.02 Å². The summed E-state index contributed by atoms with van der Waals surface area (Å²) in [6.45, 7) is -0.412. The quantitative estimate of drug-likeness (QED) is 0.571. The van der Waals surface area contributed by atoms with Crippen molar-refractivity contribution in [2.45, 2.75) is 6.42 Å².